The minimum Gasteiger partial charge on any atom is -0.382 e. The Bertz CT molecular complexity index is 116. The van der Waals surface area contributed by atoms with Gasteiger partial charge in [0.05, 0.1) is 13.2 Å². The predicted molar refractivity (Wildman–Crippen MR) is 51.4 cm³/mol. The van der Waals surface area contributed by atoms with Gasteiger partial charge in [-0.15, -0.1) is 0 Å². The first-order valence-corrected chi connectivity index (χ1v) is 4.98. The minimum absolute atomic E-state index is 0.626. The molecule has 1 saturated heterocycles. The van der Waals surface area contributed by atoms with E-state index in [1.165, 1.54) is 12.8 Å². The second-order valence-electron chi connectivity index (χ2n) is 3.38. The average Bonchev–Trinajstić information content (AvgIpc) is 2.19. The van der Waals surface area contributed by atoms with E-state index in [0.717, 1.165) is 25.6 Å². The van der Waals surface area contributed by atoms with Gasteiger partial charge in [-0.1, -0.05) is 0 Å². The van der Waals surface area contributed by atoms with Crippen molar-refractivity contribution in [2.75, 3.05) is 40.0 Å². The zero-order chi connectivity index (χ0) is 9.36. The number of piperidine rings is 1. The summed E-state index contributed by atoms with van der Waals surface area (Å²) in [6.45, 7) is 4.53. The van der Waals surface area contributed by atoms with E-state index >= 15 is 0 Å². The summed E-state index contributed by atoms with van der Waals surface area (Å²) in [7, 11) is 1.68. The second kappa shape index (κ2) is 7.26. The number of rotatable bonds is 6. The summed E-state index contributed by atoms with van der Waals surface area (Å²) in [5, 5.41) is 3.34. The van der Waals surface area contributed by atoms with Gasteiger partial charge in [0.25, 0.3) is 0 Å². The van der Waals surface area contributed by atoms with Gasteiger partial charge in [0.2, 0.25) is 0 Å². The van der Waals surface area contributed by atoms with Crippen LogP contribution in [0.5, 0.6) is 0 Å². The van der Waals surface area contributed by atoms with E-state index in [0.29, 0.717) is 13.2 Å². The van der Waals surface area contributed by atoms with E-state index in [2.05, 4.69) is 10.8 Å². The molecule has 0 aromatic rings. The Balaban J connectivity index is 1.86. The summed E-state index contributed by atoms with van der Waals surface area (Å²) in [6, 6.07) is 0. The number of methoxy groups -OCH3 is 1. The Morgan fingerprint density at radius 3 is 2.77 bits per heavy atom. The van der Waals surface area contributed by atoms with E-state index in [9.17, 15) is 0 Å². The monoisotopic (exact) mass is 188 g/mol. The van der Waals surface area contributed by atoms with Crippen molar-refractivity contribution in [1.82, 2.24) is 10.8 Å². The largest absolute Gasteiger partial charge is 0.382 e. The summed E-state index contributed by atoms with van der Waals surface area (Å²) in [5.74, 6) is 0.767. The topological polar surface area (TPSA) is 42.5 Å². The maximum Gasteiger partial charge on any atom is 0.0915 e. The lowest BCUT2D eigenvalue weighted by atomic mass is 9.99. The van der Waals surface area contributed by atoms with Gasteiger partial charge in [-0.3, -0.25) is 4.84 Å². The molecule has 1 aliphatic rings. The fraction of sp³-hybridized carbons (Fsp3) is 1.00. The van der Waals surface area contributed by atoms with Crippen LogP contribution in [0, 0.1) is 5.92 Å². The molecule has 78 valence electrons. The highest BCUT2D eigenvalue weighted by Crippen LogP contribution is 2.09. The fourth-order valence-corrected chi connectivity index (χ4v) is 1.46. The van der Waals surface area contributed by atoms with Crippen LogP contribution < -0.4 is 10.8 Å². The van der Waals surface area contributed by atoms with Crippen molar-refractivity contribution in [2.24, 2.45) is 5.92 Å². The number of hydrogen-bond donors (Lipinski definition) is 2. The van der Waals surface area contributed by atoms with Gasteiger partial charge in [-0.25, -0.2) is 5.48 Å². The van der Waals surface area contributed by atoms with Gasteiger partial charge in [-0.2, -0.15) is 0 Å². The summed E-state index contributed by atoms with van der Waals surface area (Å²) in [4.78, 5) is 5.18. The molecular weight excluding hydrogens is 168 g/mol. The van der Waals surface area contributed by atoms with Crippen molar-refractivity contribution in [3.05, 3.63) is 0 Å². The van der Waals surface area contributed by atoms with Crippen LogP contribution >= 0.6 is 0 Å². The highest BCUT2D eigenvalue weighted by molar-refractivity contribution is 4.68. The summed E-state index contributed by atoms with van der Waals surface area (Å²) in [6.07, 6.45) is 2.50. The molecule has 0 radical (unpaired) electrons. The standard InChI is InChI=1S/C9H20N2O2/c1-12-6-7-13-11-8-9-2-4-10-5-3-9/h9-11H,2-8H2,1H3. The Morgan fingerprint density at radius 2 is 2.08 bits per heavy atom. The van der Waals surface area contributed by atoms with Gasteiger partial charge in [0.1, 0.15) is 0 Å². The van der Waals surface area contributed by atoms with Gasteiger partial charge in [0, 0.05) is 13.7 Å². The quantitative estimate of drug-likeness (QED) is 0.460. The molecule has 0 amide bonds. The van der Waals surface area contributed by atoms with E-state index in [1.807, 2.05) is 0 Å². The molecule has 4 nitrogen and oxygen atoms in total. The third kappa shape index (κ3) is 5.21. The van der Waals surface area contributed by atoms with Gasteiger partial charge in [-0.05, 0) is 31.8 Å². The molecule has 1 rings (SSSR count). The molecule has 0 aromatic carbocycles. The smallest absolute Gasteiger partial charge is 0.0915 e. The molecule has 1 aliphatic heterocycles. The first-order chi connectivity index (χ1) is 6.43. The van der Waals surface area contributed by atoms with Gasteiger partial charge in [0.15, 0.2) is 0 Å². The van der Waals surface area contributed by atoms with Crippen LogP contribution in [0.3, 0.4) is 0 Å². The van der Waals surface area contributed by atoms with Crippen molar-refractivity contribution in [1.29, 1.82) is 0 Å². The molecular formula is C9H20N2O2. The van der Waals surface area contributed by atoms with Crippen LogP contribution in [-0.4, -0.2) is 40.0 Å². The molecule has 4 heteroatoms. The minimum atomic E-state index is 0.626. The molecule has 0 aromatic heterocycles. The zero-order valence-electron chi connectivity index (χ0n) is 8.34. The summed E-state index contributed by atoms with van der Waals surface area (Å²) in [5.41, 5.74) is 2.98. The molecule has 0 saturated carbocycles. The first kappa shape index (κ1) is 10.9. The van der Waals surface area contributed by atoms with Crippen molar-refractivity contribution >= 4 is 0 Å². The number of hydroxylamine groups is 1. The summed E-state index contributed by atoms with van der Waals surface area (Å²) >= 11 is 0. The molecule has 13 heavy (non-hydrogen) atoms. The Hall–Kier alpha value is -0.160. The molecule has 1 fully saturated rings. The number of hydrogen-bond acceptors (Lipinski definition) is 4. The lowest BCUT2D eigenvalue weighted by Gasteiger charge is -2.22. The number of ether oxygens (including phenoxy) is 1. The van der Waals surface area contributed by atoms with Crippen LogP contribution in [0.15, 0.2) is 0 Å². The molecule has 1 heterocycles. The average molecular weight is 188 g/mol. The van der Waals surface area contributed by atoms with Crippen LogP contribution in [0.25, 0.3) is 0 Å². The van der Waals surface area contributed by atoms with E-state index in [4.69, 9.17) is 9.57 Å². The van der Waals surface area contributed by atoms with E-state index < -0.39 is 0 Å². The lowest BCUT2D eigenvalue weighted by molar-refractivity contribution is -0.000911. The van der Waals surface area contributed by atoms with E-state index in [-0.39, 0.29) is 0 Å². The molecule has 0 atom stereocenters. The van der Waals surface area contributed by atoms with Crippen molar-refractivity contribution in [3.63, 3.8) is 0 Å². The Kier molecular flexibility index (Phi) is 6.10. The molecule has 2 N–H and O–H groups in total. The third-order valence-electron chi connectivity index (χ3n) is 2.32. The SMILES string of the molecule is COCCONCC1CCNCC1. The molecule has 0 unspecified atom stereocenters. The zero-order valence-corrected chi connectivity index (χ0v) is 8.34. The second-order valence-corrected chi connectivity index (χ2v) is 3.38. The van der Waals surface area contributed by atoms with Crippen LogP contribution in [0.1, 0.15) is 12.8 Å². The third-order valence-corrected chi connectivity index (χ3v) is 2.32. The van der Waals surface area contributed by atoms with Crippen molar-refractivity contribution in [2.45, 2.75) is 12.8 Å². The maximum atomic E-state index is 5.18. The van der Waals surface area contributed by atoms with Crippen LogP contribution in [-0.2, 0) is 9.57 Å². The Labute approximate surface area is 79.9 Å². The summed E-state index contributed by atoms with van der Waals surface area (Å²) < 4.78 is 4.86. The highest BCUT2D eigenvalue weighted by Gasteiger charge is 2.11. The van der Waals surface area contributed by atoms with Gasteiger partial charge >= 0.3 is 0 Å². The maximum absolute atomic E-state index is 5.18. The molecule has 0 bridgehead atoms. The predicted octanol–water partition coefficient (Wildman–Crippen LogP) is 0.154. The lowest BCUT2D eigenvalue weighted by Crippen LogP contribution is -2.34. The molecule has 0 aliphatic carbocycles. The first-order valence-electron chi connectivity index (χ1n) is 4.98. The normalized spacial score (nSPS) is 19.2. The Morgan fingerprint density at radius 1 is 1.31 bits per heavy atom. The van der Waals surface area contributed by atoms with Crippen LogP contribution in [0.2, 0.25) is 0 Å². The molecule has 0 spiro atoms. The van der Waals surface area contributed by atoms with Crippen molar-refractivity contribution < 1.29 is 9.57 Å². The highest BCUT2D eigenvalue weighted by atomic mass is 16.7. The van der Waals surface area contributed by atoms with Crippen molar-refractivity contribution in [3.8, 4) is 0 Å². The van der Waals surface area contributed by atoms with Gasteiger partial charge < -0.3 is 10.1 Å². The van der Waals surface area contributed by atoms with E-state index in [1.54, 1.807) is 7.11 Å². The number of nitrogens with one attached hydrogen (secondary N) is 2. The fourth-order valence-electron chi connectivity index (χ4n) is 1.46. The van der Waals surface area contributed by atoms with Crippen LogP contribution in [0.4, 0.5) is 0 Å².